The van der Waals surface area contributed by atoms with Crippen molar-refractivity contribution in [3.05, 3.63) is 70.2 Å². The van der Waals surface area contributed by atoms with E-state index in [0.717, 1.165) is 11.1 Å². The molecule has 2 aromatic carbocycles. The molecule has 17 heavy (non-hydrogen) atoms. The highest BCUT2D eigenvalue weighted by atomic mass is 35.5. The molecule has 2 rings (SSSR count). The highest BCUT2D eigenvalue weighted by Gasteiger charge is 2.10. The van der Waals surface area contributed by atoms with Crippen LogP contribution in [0.1, 0.15) is 22.1 Å². The van der Waals surface area contributed by atoms with E-state index in [-0.39, 0.29) is 5.38 Å². The fourth-order valence-corrected chi connectivity index (χ4v) is 1.97. The van der Waals surface area contributed by atoms with Crippen molar-refractivity contribution >= 4 is 23.2 Å². The zero-order valence-corrected chi connectivity index (χ0v) is 10.4. The Morgan fingerprint density at radius 1 is 0.882 bits per heavy atom. The molecule has 1 atom stereocenters. The number of benzene rings is 2. The molecule has 2 aromatic rings. The van der Waals surface area contributed by atoms with Crippen LogP contribution in [0.4, 0.5) is 0 Å². The van der Waals surface area contributed by atoms with Gasteiger partial charge in [-0.3, -0.25) is 0 Å². The van der Waals surface area contributed by atoms with Gasteiger partial charge in [-0.2, -0.15) is 5.26 Å². The fraction of sp³-hybridized carbons (Fsp3) is 0.0714. The van der Waals surface area contributed by atoms with E-state index < -0.39 is 0 Å². The largest absolute Gasteiger partial charge is 0.192 e. The minimum Gasteiger partial charge on any atom is -0.192 e. The van der Waals surface area contributed by atoms with Gasteiger partial charge >= 0.3 is 0 Å². The van der Waals surface area contributed by atoms with Crippen molar-refractivity contribution in [3.8, 4) is 6.07 Å². The van der Waals surface area contributed by atoms with Crippen LogP contribution in [-0.2, 0) is 0 Å². The third kappa shape index (κ3) is 2.79. The number of rotatable bonds is 2. The molecule has 1 nitrogen and oxygen atoms in total. The molecule has 0 bridgehead atoms. The first kappa shape index (κ1) is 12.0. The second kappa shape index (κ2) is 5.23. The molecular weight excluding hydrogens is 253 g/mol. The van der Waals surface area contributed by atoms with Gasteiger partial charge in [0, 0.05) is 5.02 Å². The first-order valence-electron chi connectivity index (χ1n) is 5.10. The molecule has 0 aliphatic rings. The van der Waals surface area contributed by atoms with Crippen LogP contribution in [0.5, 0.6) is 0 Å². The van der Waals surface area contributed by atoms with Gasteiger partial charge in [0.2, 0.25) is 0 Å². The van der Waals surface area contributed by atoms with Gasteiger partial charge in [-0.1, -0.05) is 35.9 Å². The molecule has 0 aromatic heterocycles. The maximum absolute atomic E-state index is 8.72. The Balaban J connectivity index is 2.27. The number of hydrogen-bond donors (Lipinski definition) is 0. The van der Waals surface area contributed by atoms with Gasteiger partial charge in [0.1, 0.15) is 0 Å². The van der Waals surface area contributed by atoms with Crippen LogP contribution in [0.2, 0.25) is 5.02 Å². The molecule has 0 saturated heterocycles. The Morgan fingerprint density at radius 3 is 1.82 bits per heavy atom. The third-order valence-electron chi connectivity index (χ3n) is 2.50. The second-order valence-corrected chi connectivity index (χ2v) is 4.52. The highest BCUT2D eigenvalue weighted by molar-refractivity contribution is 6.30. The van der Waals surface area contributed by atoms with E-state index >= 15 is 0 Å². The maximum atomic E-state index is 8.72. The van der Waals surface area contributed by atoms with Crippen LogP contribution in [0.25, 0.3) is 0 Å². The Hall–Kier alpha value is -1.49. The summed E-state index contributed by atoms with van der Waals surface area (Å²) in [6.07, 6.45) is 0. The fourth-order valence-electron chi connectivity index (χ4n) is 1.55. The van der Waals surface area contributed by atoms with Gasteiger partial charge in [-0.05, 0) is 35.4 Å². The number of nitriles is 1. The van der Waals surface area contributed by atoms with Crippen LogP contribution < -0.4 is 0 Å². The number of halogens is 2. The second-order valence-electron chi connectivity index (χ2n) is 3.65. The van der Waals surface area contributed by atoms with Gasteiger partial charge in [-0.25, -0.2) is 0 Å². The van der Waals surface area contributed by atoms with Crippen molar-refractivity contribution in [2.75, 3.05) is 0 Å². The minimum absolute atomic E-state index is 0.222. The van der Waals surface area contributed by atoms with E-state index in [1.807, 2.05) is 36.4 Å². The Labute approximate surface area is 110 Å². The van der Waals surface area contributed by atoms with Crippen molar-refractivity contribution in [1.29, 1.82) is 5.26 Å². The lowest BCUT2D eigenvalue weighted by molar-refractivity contribution is 1.14. The van der Waals surface area contributed by atoms with Crippen molar-refractivity contribution in [3.63, 3.8) is 0 Å². The predicted molar refractivity (Wildman–Crippen MR) is 70.3 cm³/mol. The third-order valence-corrected chi connectivity index (χ3v) is 3.25. The monoisotopic (exact) mass is 261 g/mol. The Bertz CT molecular complexity index is 538. The summed E-state index contributed by atoms with van der Waals surface area (Å²) in [5.74, 6) is 0. The van der Waals surface area contributed by atoms with E-state index in [9.17, 15) is 0 Å². The van der Waals surface area contributed by atoms with Gasteiger partial charge in [0.05, 0.1) is 17.0 Å². The van der Waals surface area contributed by atoms with E-state index in [2.05, 4.69) is 6.07 Å². The van der Waals surface area contributed by atoms with Crippen LogP contribution in [0.15, 0.2) is 48.5 Å². The summed E-state index contributed by atoms with van der Waals surface area (Å²) in [5.41, 5.74) is 2.59. The summed E-state index contributed by atoms with van der Waals surface area (Å²) < 4.78 is 0. The number of hydrogen-bond acceptors (Lipinski definition) is 1. The highest BCUT2D eigenvalue weighted by Crippen LogP contribution is 2.29. The predicted octanol–water partition coefficient (Wildman–Crippen LogP) is 4.54. The lowest BCUT2D eigenvalue weighted by Gasteiger charge is -2.10. The Morgan fingerprint density at radius 2 is 1.35 bits per heavy atom. The van der Waals surface area contributed by atoms with E-state index in [1.54, 1.807) is 12.1 Å². The van der Waals surface area contributed by atoms with Gasteiger partial charge in [0.25, 0.3) is 0 Å². The van der Waals surface area contributed by atoms with Crippen molar-refractivity contribution in [2.24, 2.45) is 0 Å². The molecular formula is C14H9Cl2N. The molecule has 0 aliphatic heterocycles. The molecule has 3 heteroatoms. The zero-order valence-electron chi connectivity index (χ0n) is 8.90. The van der Waals surface area contributed by atoms with Gasteiger partial charge in [0.15, 0.2) is 0 Å². The number of alkyl halides is 1. The van der Waals surface area contributed by atoms with E-state index in [4.69, 9.17) is 28.5 Å². The Kier molecular flexibility index (Phi) is 3.68. The summed E-state index contributed by atoms with van der Waals surface area (Å²) in [7, 11) is 0. The average molecular weight is 262 g/mol. The lowest BCUT2D eigenvalue weighted by Crippen LogP contribution is -1.92. The molecule has 0 aliphatic carbocycles. The summed E-state index contributed by atoms with van der Waals surface area (Å²) in [6, 6.07) is 16.8. The standard InChI is InChI=1S/C14H9Cl2N/c15-13-7-5-12(6-8-13)14(16)11-3-1-10(9-17)2-4-11/h1-8,14H/t14-/m0/s1. The summed E-state index contributed by atoms with van der Waals surface area (Å²) in [5, 5.41) is 9.19. The lowest BCUT2D eigenvalue weighted by atomic mass is 10.0. The summed E-state index contributed by atoms with van der Waals surface area (Å²) >= 11 is 12.2. The first-order chi connectivity index (χ1) is 8.20. The van der Waals surface area contributed by atoms with E-state index in [1.165, 1.54) is 0 Å². The maximum Gasteiger partial charge on any atom is 0.0991 e. The molecule has 0 fully saturated rings. The summed E-state index contributed by atoms with van der Waals surface area (Å²) in [6.45, 7) is 0. The topological polar surface area (TPSA) is 23.8 Å². The van der Waals surface area contributed by atoms with Crippen LogP contribution in [0, 0.1) is 11.3 Å². The van der Waals surface area contributed by atoms with Gasteiger partial charge < -0.3 is 0 Å². The van der Waals surface area contributed by atoms with Gasteiger partial charge in [-0.15, -0.1) is 11.6 Å². The number of nitrogens with zero attached hydrogens (tertiary/aromatic N) is 1. The minimum atomic E-state index is -0.222. The SMILES string of the molecule is N#Cc1ccc([C@H](Cl)c2ccc(Cl)cc2)cc1. The smallest absolute Gasteiger partial charge is 0.0991 e. The molecule has 0 N–H and O–H groups in total. The molecule has 84 valence electrons. The summed E-state index contributed by atoms with van der Waals surface area (Å²) in [4.78, 5) is 0. The molecule has 0 heterocycles. The van der Waals surface area contributed by atoms with Crippen LogP contribution >= 0.6 is 23.2 Å². The zero-order chi connectivity index (χ0) is 12.3. The molecule has 0 amide bonds. The van der Waals surface area contributed by atoms with Crippen LogP contribution in [0.3, 0.4) is 0 Å². The quantitative estimate of drug-likeness (QED) is 0.729. The average Bonchev–Trinajstić information content (AvgIpc) is 2.39. The first-order valence-corrected chi connectivity index (χ1v) is 5.92. The molecule has 0 saturated carbocycles. The van der Waals surface area contributed by atoms with Crippen molar-refractivity contribution in [1.82, 2.24) is 0 Å². The molecule has 0 radical (unpaired) electrons. The van der Waals surface area contributed by atoms with Crippen molar-refractivity contribution in [2.45, 2.75) is 5.38 Å². The van der Waals surface area contributed by atoms with Crippen molar-refractivity contribution < 1.29 is 0 Å². The molecule has 0 unspecified atom stereocenters. The molecule has 0 spiro atoms. The van der Waals surface area contributed by atoms with Crippen LogP contribution in [-0.4, -0.2) is 0 Å². The van der Waals surface area contributed by atoms with E-state index in [0.29, 0.717) is 10.6 Å². The normalized spacial score (nSPS) is 11.8.